The van der Waals surface area contributed by atoms with E-state index in [1.807, 2.05) is 0 Å². The van der Waals surface area contributed by atoms with Crippen molar-refractivity contribution in [2.24, 2.45) is 13.0 Å². The Hall–Kier alpha value is 0.304. The second-order valence-electron chi connectivity index (χ2n) is 8.60. The molecule has 0 atom stereocenters. The van der Waals surface area contributed by atoms with E-state index >= 15 is 0 Å². The molecular weight excluding hydrogens is 711 g/mol. The SMILES string of the molecule is CN(CC1CN(c2cnc(C(=O)Nc3cc(F)c4nn(C)cc4c3)cn2)C1)C1CC1.O=C([O-])[O-].[Cs+].[Cs+]. The summed E-state index contributed by atoms with van der Waals surface area (Å²) in [4.78, 5) is 34.1. The van der Waals surface area contributed by atoms with Gasteiger partial charge >= 0.3 is 138 Å². The molecule has 3 heterocycles. The standard InChI is InChI=1S/C21H24FN7O.CH2O3.2Cs/c1-27(16-3-4-16)9-13-10-29(11-13)19-8-23-18(7-24-19)21(30)25-15-5-14-12-28(2)26-20(14)17(22)6-15;2-1(3)4;;/h5-8,12-13,16H,3-4,9-11H2,1-2H3,(H,25,30);(H2,2,3,4);;/q;;2*+1/p-2. The Bertz CT molecular complexity index is 1200. The second-order valence-corrected chi connectivity index (χ2v) is 8.60. The fourth-order valence-corrected chi connectivity index (χ4v) is 4.03. The topological polar surface area (TPSA) is 142 Å². The van der Waals surface area contributed by atoms with Crippen LogP contribution in [0.5, 0.6) is 0 Å². The van der Waals surface area contributed by atoms with Crippen molar-refractivity contribution in [3.05, 3.63) is 42.2 Å². The number of benzene rings is 1. The average molecular weight is 735 g/mol. The third-order valence-corrected chi connectivity index (χ3v) is 5.80. The Balaban J connectivity index is 0.000000710. The van der Waals surface area contributed by atoms with Crippen LogP contribution in [0, 0.1) is 11.7 Å². The molecular formula is C22H24Cs2FN7O4. The van der Waals surface area contributed by atoms with E-state index in [4.69, 9.17) is 15.0 Å². The number of hydrogen-bond donors (Lipinski definition) is 1. The fraction of sp³-hybridized carbons (Fsp3) is 0.409. The number of anilines is 2. The number of nitrogens with one attached hydrogen (secondary N) is 1. The second kappa shape index (κ2) is 14.6. The summed E-state index contributed by atoms with van der Waals surface area (Å²) in [5, 5.41) is 24.0. The third-order valence-electron chi connectivity index (χ3n) is 5.80. The zero-order valence-corrected chi connectivity index (χ0v) is 33.3. The van der Waals surface area contributed by atoms with Crippen molar-refractivity contribution in [2.45, 2.75) is 18.9 Å². The molecule has 1 saturated carbocycles. The van der Waals surface area contributed by atoms with Gasteiger partial charge in [-0.1, -0.05) is 0 Å². The first-order valence-corrected chi connectivity index (χ1v) is 10.8. The van der Waals surface area contributed by atoms with Crippen molar-refractivity contribution in [3.63, 3.8) is 0 Å². The van der Waals surface area contributed by atoms with E-state index < -0.39 is 17.9 Å². The van der Waals surface area contributed by atoms with Gasteiger partial charge in [0, 0.05) is 55.9 Å². The Morgan fingerprint density at radius 3 is 2.42 bits per heavy atom. The monoisotopic (exact) mass is 735 g/mol. The van der Waals surface area contributed by atoms with E-state index in [1.165, 1.54) is 29.8 Å². The van der Waals surface area contributed by atoms with E-state index in [2.05, 4.69) is 37.2 Å². The molecule has 0 bridgehead atoms. The summed E-state index contributed by atoms with van der Waals surface area (Å²) in [5.41, 5.74) is 0.820. The van der Waals surface area contributed by atoms with Crippen LogP contribution in [0.3, 0.4) is 0 Å². The average Bonchev–Trinajstić information content (AvgIpc) is 3.52. The van der Waals surface area contributed by atoms with Gasteiger partial charge in [-0.05, 0) is 38.2 Å². The van der Waals surface area contributed by atoms with Gasteiger partial charge in [0.1, 0.15) is 17.0 Å². The number of carbonyl (C=O) groups excluding carboxylic acids is 2. The van der Waals surface area contributed by atoms with Crippen LogP contribution in [0.15, 0.2) is 30.7 Å². The van der Waals surface area contributed by atoms with Gasteiger partial charge in [0.25, 0.3) is 5.91 Å². The van der Waals surface area contributed by atoms with Gasteiger partial charge in [-0.2, -0.15) is 5.10 Å². The molecule has 0 spiro atoms. The van der Waals surface area contributed by atoms with Gasteiger partial charge in [-0.15, -0.1) is 0 Å². The van der Waals surface area contributed by atoms with E-state index in [0.717, 1.165) is 31.5 Å². The first-order chi connectivity index (χ1) is 16.2. The number of rotatable bonds is 6. The van der Waals surface area contributed by atoms with E-state index in [-0.39, 0.29) is 149 Å². The van der Waals surface area contributed by atoms with Crippen LogP contribution in [-0.4, -0.2) is 69.4 Å². The van der Waals surface area contributed by atoms with Crippen LogP contribution >= 0.6 is 0 Å². The van der Waals surface area contributed by atoms with Crippen LogP contribution < -0.4 is 158 Å². The number of hydrogen-bond acceptors (Lipinski definition) is 9. The summed E-state index contributed by atoms with van der Waals surface area (Å²) in [5.74, 6) is 0.520. The molecule has 36 heavy (non-hydrogen) atoms. The van der Waals surface area contributed by atoms with Crippen molar-refractivity contribution in [2.75, 3.05) is 36.9 Å². The maximum atomic E-state index is 14.2. The zero-order chi connectivity index (χ0) is 24.4. The molecule has 1 aromatic carbocycles. The molecule has 2 aliphatic rings. The summed E-state index contributed by atoms with van der Waals surface area (Å²) in [7, 11) is 3.92. The van der Waals surface area contributed by atoms with Gasteiger partial charge in [0.15, 0.2) is 5.82 Å². The smallest absolute Gasteiger partial charge is 0.652 e. The van der Waals surface area contributed by atoms with Gasteiger partial charge in [0.05, 0.1) is 12.4 Å². The van der Waals surface area contributed by atoms with Gasteiger partial charge in [-0.3, -0.25) is 9.48 Å². The molecule has 11 nitrogen and oxygen atoms in total. The summed E-state index contributed by atoms with van der Waals surface area (Å²) in [6, 6.07) is 3.72. The number of aromatic nitrogens is 4. The fourth-order valence-electron chi connectivity index (χ4n) is 4.03. The van der Waals surface area contributed by atoms with Crippen molar-refractivity contribution in [1.82, 2.24) is 24.6 Å². The van der Waals surface area contributed by atoms with Crippen molar-refractivity contribution in [1.29, 1.82) is 0 Å². The number of nitrogens with zero attached hydrogens (tertiary/aromatic N) is 6. The molecule has 180 valence electrons. The minimum Gasteiger partial charge on any atom is -0.652 e. The Morgan fingerprint density at radius 2 is 1.83 bits per heavy atom. The number of carbonyl (C=O) groups is 2. The third kappa shape index (κ3) is 8.92. The zero-order valence-electron chi connectivity index (χ0n) is 20.8. The molecule has 1 aliphatic carbocycles. The molecule has 14 heteroatoms. The van der Waals surface area contributed by atoms with Crippen molar-refractivity contribution < 1.29 is 162 Å². The van der Waals surface area contributed by atoms with E-state index in [9.17, 15) is 9.18 Å². The first kappa shape index (κ1) is 32.5. The quantitative estimate of drug-likeness (QED) is 0.262. The molecule has 0 unspecified atom stereocenters. The Morgan fingerprint density at radius 1 is 1.17 bits per heavy atom. The van der Waals surface area contributed by atoms with Gasteiger partial charge in [-0.25, -0.2) is 14.4 Å². The predicted molar refractivity (Wildman–Crippen MR) is 117 cm³/mol. The van der Waals surface area contributed by atoms with E-state index in [1.54, 1.807) is 25.5 Å². The van der Waals surface area contributed by atoms with Crippen LogP contribution in [0.25, 0.3) is 10.9 Å². The Kier molecular flexibility index (Phi) is 13.2. The number of fused-ring (bicyclic) bond motifs is 1. The predicted octanol–water partition coefficient (Wildman–Crippen LogP) is -6.15. The number of halogens is 1. The normalized spacial score (nSPS) is 14.7. The summed E-state index contributed by atoms with van der Waals surface area (Å²) < 4.78 is 15.7. The Labute approximate surface area is 325 Å². The van der Waals surface area contributed by atoms with Gasteiger partial charge < -0.3 is 30.1 Å². The summed E-state index contributed by atoms with van der Waals surface area (Å²) in [6.07, 6.45) is 5.11. The van der Waals surface area contributed by atoms with Crippen molar-refractivity contribution in [3.8, 4) is 0 Å². The molecule has 1 saturated heterocycles. The molecule has 1 N–H and O–H groups in total. The minimum atomic E-state index is -2.33. The number of amides is 1. The van der Waals surface area contributed by atoms with Crippen LogP contribution in [0.2, 0.25) is 0 Å². The minimum absolute atomic E-state index is 0. The van der Waals surface area contributed by atoms with Crippen LogP contribution in [0.1, 0.15) is 23.3 Å². The molecule has 1 aliphatic heterocycles. The van der Waals surface area contributed by atoms with Crippen LogP contribution in [0.4, 0.5) is 20.7 Å². The summed E-state index contributed by atoms with van der Waals surface area (Å²) >= 11 is 0. The number of aryl methyl sites for hydroxylation is 1. The maximum absolute atomic E-state index is 14.2. The van der Waals surface area contributed by atoms with Crippen LogP contribution in [-0.2, 0) is 7.05 Å². The number of carboxylic acid groups (broad SMARTS) is 2. The summed E-state index contributed by atoms with van der Waals surface area (Å²) in [6.45, 7) is 3.04. The first-order valence-electron chi connectivity index (χ1n) is 10.8. The van der Waals surface area contributed by atoms with Gasteiger partial charge in [0.2, 0.25) is 0 Å². The largest absolute Gasteiger partial charge is 1.00 e. The molecule has 5 rings (SSSR count). The maximum Gasteiger partial charge on any atom is 1.00 e. The van der Waals surface area contributed by atoms with Crippen molar-refractivity contribution >= 4 is 34.5 Å². The molecule has 2 fully saturated rings. The molecule has 2 aromatic heterocycles. The van der Waals surface area contributed by atoms with E-state index in [0.29, 0.717) is 17.0 Å². The molecule has 1 amide bonds. The molecule has 0 radical (unpaired) electrons. The molecule has 3 aromatic rings.